The molecule has 2 N–H and O–H groups in total. The number of hydrogen-bond donors (Lipinski definition) is 2. The number of carbonyl (C=O) groups is 1. The van der Waals surface area contributed by atoms with E-state index in [1.54, 1.807) is 55.5 Å². The zero-order chi connectivity index (χ0) is 18.7. The number of carbonyl (C=O) groups excluding carboxylic acids is 1. The van der Waals surface area contributed by atoms with Crippen LogP contribution in [0.15, 0.2) is 52.9 Å². The highest BCUT2D eigenvalue weighted by molar-refractivity contribution is 7.94. The molecule has 3 aromatic rings. The van der Waals surface area contributed by atoms with Crippen molar-refractivity contribution in [3.63, 3.8) is 0 Å². The molecule has 134 valence electrons. The molecular formula is C16H13ClN4O3S2. The number of hydrogen-bond acceptors (Lipinski definition) is 6. The van der Waals surface area contributed by atoms with Crippen molar-refractivity contribution in [3.8, 4) is 0 Å². The van der Waals surface area contributed by atoms with E-state index in [4.69, 9.17) is 11.6 Å². The van der Waals surface area contributed by atoms with Gasteiger partial charge in [0.25, 0.3) is 20.3 Å². The van der Waals surface area contributed by atoms with Crippen molar-refractivity contribution in [2.24, 2.45) is 0 Å². The second-order valence-electron chi connectivity index (χ2n) is 5.23. The third-order valence-corrected chi connectivity index (χ3v) is 6.27. The van der Waals surface area contributed by atoms with Gasteiger partial charge in [0.05, 0.1) is 16.3 Å². The predicted molar refractivity (Wildman–Crippen MR) is 101 cm³/mol. The van der Waals surface area contributed by atoms with Crippen molar-refractivity contribution in [3.05, 3.63) is 64.7 Å². The summed E-state index contributed by atoms with van der Waals surface area (Å²) >= 11 is 6.71. The molecule has 0 bridgehead atoms. The van der Waals surface area contributed by atoms with Crippen LogP contribution in [-0.2, 0) is 10.0 Å². The minimum absolute atomic E-state index is 0.0556. The number of rotatable bonds is 5. The summed E-state index contributed by atoms with van der Waals surface area (Å²) in [6.45, 7) is 1.78. The Hall–Kier alpha value is -2.49. The minimum Gasteiger partial charge on any atom is -0.296 e. The molecule has 1 heterocycles. The lowest BCUT2D eigenvalue weighted by Crippen LogP contribution is -2.13. The van der Waals surface area contributed by atoms with E-state index in [2.05, 4.69) is 20.2 Å². The quantitative estimate of drug-likeness (QED) is 0.628. The summed E-state index contributed by atoms with van der Waals surface area (Å²) in [5.41, 5.74) is 1.48. The molecule has 0 radical (unpaired) electrons. The number of aryl methyl sites for hydroxylation is 1. The van der Waals surface area contributed by atoms with Crippen LogP contribution in [0.4, 0.5) is 10.8 Å². The third-order valence-electron chi connectivity index (χ3n) is 3.36. The number of benzene rings is 2. The third kappa shape index (κ3) is 4.01. The van der Waals surface area contributed by atoms with Crippen molar-refractivity contribution in [2.45, 2.75) is 11.3 Å². The Balaban J connectivity index is 1.78. The molecule has 0 spiro atoms. The second kappa shape index (κ2) is 7.40. The van der Waals surface area contributed by atoms with Gasteiger partial charge in [0.15, 0.2) is 0 Å². The summed E-state index contributed by atoms with van der Waals surface area (Å²) in [6, 6.07) is 13.5. The first kappa shape index (κ1) is 18.3. The number of aromatic nitrogens is 2. The molecular weight excluding hydrogens is 396 g/mol. The number of nitrogens with zero attached hydrogens (tertiary/aromatic N) is 2. The van der Waals surface area contributed by atoms with Crippen LogP contribution in [-0.4, -0.2) is 24.5 Å². The zero-order valence-corrected chi connectivity index (χ0v) is 15.8. The monoisotopic (exact) mass is 408 g/mol. The molecule has 0 unspecified atom stereocenters. The molecule has 3 rings (SSSR count). The second-order valence-corrected chi connectivity index (χ2v) is 8.47. The molecule has 1 amide bonds. The number of sulfonamides is 1. The predicted octanol–water partition coefficient (Wildman–Crippen LogP) is 3.55. The molecule has 1 aromatic heterocycles. The molecule has 0 atom stereocenters. The van der Waals surface area contributed by atoms with E-state index in [1.807, 2.05) is 0 Å². The van der Waals surface area contributed by atoms with E-state index in [1.165, 1.54) is 0 Å². The molecule has 0 fully saturated rings. The Labute approximate surface area is 159 Å². The Morgan fingerprint density at radius 3 is 2.50 bits per heavy atom. The van der Waals surface area contributed by atoms with Gasteiger partial charge in [0, 0.05) is 0 Å². The van der Waals surface area contributed by atoms with Crippen LogP contribution in [0.25, 0.3) is 0 Å². The Morgan fingerprint density at radius 1 is 1.08 bits per heavy atom. The summed E-state index contributed by atoms with van der Waals surface area (Å²) < 4.78 is 27.1. The van der Waals surface area contributed by atoms with Gasteiger partial charge in [-0.3, -0.25) is 14.8 Å². The van der Waals surface area contributed by atoms with Gasteiger partial charge >= 0.3 is 0 Å². The average Bonchev–Trinajstić information content (AvgIpc) is 3.06. The topological polar surface area (TPSA) is 101 Å². The van der Waals surface area contributed by atoms with Gasteiger partial charge in [-0.15, -0.1) is 10.2 Å². The largest absolute Gasteiger partial charge is 0.296 e. The lowest BCUT2D eigenvalue weighted by Gasteiger charge is -2.07. The minimum atomic E-state index is -3.91. The van der Waals surface area contributed by atoms with Crippen molar-refractivity contribution < 1.29 is 13.2 Å². The lowest BCUT2D eigenvalue weighted by atomic mass is 10.2. The highest BCUT2D eigenvalue weighted by Gasteiger charge is 2.22. The molecule has 0 saturated heterocycles. The van der Waals surface area contributed by atoms with Gasteiger partial charge in [0.1, 0.15) is 0 Å². The van der Waals surface area contributed by atoms with Gasteiger partial charge in [-0.1, -0.05) is 53.3 Å². The van der Waals surface area contributed by atoms with Crippen molar-refractivity contribution in [2.75, 3.05) is 10.0 Å². The summed E-state index contributed by atoms with van der Waals surface area (Å²) in [4.78, 5) is 12.2. The van der Waals surface area contributed by atoms with Crippen LogP contribution in [0.1, 0.15) is 15.9 Å². The molecule has 0 aliphatic rings. The maximum atomic E-state index is 12.4. The van der Waals surface area contributed by atoms with E-state index < -0.39 is 15.9 Å². The number of para-hydroxylation sites is 1. The first-order valence-electron chi connectivity index (χ1n) is 7.34. The highest BCUT2D eigenvalue weighted by atomic mass is 35.5. The molecule has 26 heavy (non-hydrogen) atoms. The van der Waals surface area contributed by atoms with Crippen molar-refractivity contribution >= 4 is 49.7 Å². The van der Waals surface area contributed by atoms with Crippen LogP contribution in [0.2, 0.25) is 5.02 Å². The van der Waals surface area contributed by atoms with Crippen molar-refractivity contribution in [1.29, 1.82) is 0 Å². The lowest BCUT2D eigenvalue weighted by molar-refractivity contribution is 0.102. The highest BCUT2D eigenvalue weighted by Crippen LogP contribution is 2.25. The number of halogens is 1. The summed E-state index contributed by atoms with van der Waals surface area (Å²) in [7, 11) is -3.91. The summed E-state index contributed by atoms with van der Waals surface area (Å²) in [5.74, 6) is -0.498. The van der Waals surface area contributed by atoms with Gasteiger partial charge in [-0.2, -0.15) is 8.42 Å². The van der Waals surface area contributed by atoms with Crippen LogP contribution in [0.3, 0.4) is 0 Å². The first-order valence-corrected chi connectivity index (χ1v) is 10.0. The van der Waals surface area contributed by atoms with Crippen LogP contribution in [0, 0.1) is 6.92 Å². The molecule has 2 aromatic carbocycles. The van der Waals surface area contributed by atoms with Gasteiger partial charge in [-0.25, -0.2) is 0 Å². The number of anilines is 2. The van der Waals surface area contributed by atoms with Gasteiger partial charge in [0.2, 0.25) is 5.13 Å². The molecule has 10 heteroatoms. The fraction of sp³-hybridized carbons (Fsp3) is 0.0625. The van der Waals surface area contributed by atoms with Gasteiger partial charge < -0.3 is 0 Å². The van der Waals surface area contributed by atoms with Crippen molar-refractivity contribution in [1.82, 2.24) is 10.2 Å². The first-order chi connectivity index (χ1) is 12.4. The fourth-order valence-corrected chi connectivity index (χ4v) is 4.30. The Kier molecular flexibility index (Phi) is 5.21. The molecule has 0 saturated carbocycles. The van der Waals surface area contributed by atoms with Crippen LogP contribution in [0.5, 0.6) is 0 Å². The standard InChI is InChI=1S/C16H13ClN4O3S2/c1-10-6-2-5-9-13(10)21-26(23,24)16-20-19-15(25-16)18-14(22)11-7-3-4-8-12(11)17/h2-9,21H,1H3,(H,18,19,22). The maximum absolute atomic E-state index is 12.4. The Morgan fingerprint density at radius 2 is 1.77 bits per heavy atom. The van der Waals surface area contributed by atoms with E-state index in [0.29, 0.717) is 5.69 Å². The normalized spacial score (nSPS) is 11.2. The summed E-state index contributed by atoms with van der Waals surface area (Å²) in [5, 5.41) is 10.2. The summed E-state index contributed by atoms with van der Waals surface area (Å²) in [6.07, 6.45) is 0. The molecule has 0 aliphatic heterocycles. The van der Waals surface area contributed by atoms with Crippen LogP contribution >= 0.6 is 22.9 Å². The smallest absolute Gasteiger partial charge is 0.291 e. The molecule has 7 nitrogen and oxygen atoms in total. The Bertz CT molecular complexity index is 1070. The zero-order valence-electron chi connectivity index (χ0n) is 13.4. The average molecular weight is 409 g/mol. The van der Waals surface area contributed by atoms with Gasteiger partial charge in [-0.05, 0) is 30.7 Å². The SMILES string of the molecule is Cc1ccccc1NS(=O)(=O)c1nnc(NC(=O)c2ccccc2Cl)s1. The fourth-order valence-electron chi connectivity index (χ4n) is 2.05. The maximum Gasteiger partial charge on any atom is 0.291 e. The van der Waals surface area contributed by atoms with E-state index in [0.717, 1.165) is 16.9 Å². The number of amides is 1. The van der Waals surface area contributed by atoms with E-state index in [-0.39, 0.29) is 20.1 Å². The molecule has 0 aliphatic carbocycles. The van der Waals surface area contributed by atoms with Crippen LogP contribution < -0.4 is 10.0 Å². The van der Waals surface area contributed by atoms with E-state index in [9.17, 15) is 13.2 Å². The number of nitrogens with one attached hydrogen (secondary N) is 2. The van der Waals surface area contributed by atoms with E-state index >= 15 is 0 Å².